The van der Waals surface area contributed by atoms with Crippen molar-refractivity contribution in [3.63, 3.8) is 0 Å². The van der Waals surface area contributed by atoms with Crippen LogP contribution in [0, 0.1) is 74.9 Å². The summed E-state index contributed by atoms with van der Waals surface area (Å²) < 4.78 is 26.3. The number of hydrogen-bond donors (Lipinski definition) is 5. The van der Waals surface area contributed by atoms with Crippen molar-refractivity contribution in [3.8, 4) is 0 Å². The van der Waals surface area contributed by atoms with Gasteiger partial charge in [-0.05, 0) is 137 Å². The normalized spacial score (nSPS) is 56.8. The maximum atomic E-state index is 14.9. The van der Waals surface area contributed by atoms with E-state index >= 15 is 0 Å². The molecule has 5 N–H and O–H groups in total. The summed E-state index contributed by atoms with van der Waals surface area (Å²) in [5, 5.41) is 58.3. The van der Waals surface area contributed by atoms with Gasteiger partial charge >= 0.3 is 0 Å². The lowest BCUT2D eigenvalue weighted by molar-refractivity contribution is -0.336. The van der Waals surface area contributed by atoms with Crippen LogP contribution in [0.5, 0.6) is 0 Å². The average molecular weight is 911 g/mol. The van der Waals surface area contributed by atoms with E-state index in [1.54, 1.807) is 6.92 Å². The summed E-state index contributed by atoms with van der Waals surface area (Å²) in [5.41, 5.74) is 2.15. The summed E-state index contributed by atoms with van der Waals surface area (Å²) in [7, 11) is 0. The number of hydrogen-bond acceptors (Lipinski definition) is 12. The monoisotopic (exact) mass is 911 g/mol. The van der Waals surface area contributed by atoms with Crippen LogP contribution in [-0.4, -0.2) is 107 Å². The molecular formula is C54H74N2O10. The Morgan fingerprint density at radius 3 is 1.95 bits per heavy atom. The van der Waals surface area contributed by atoms with Crippen LogP contribution < -0.4 is 0 Å². The number of aromatic nitrogens is 2. The van der Waals surface area contributed by atoms with Gasteiger partial charge in [-0.15, -0.1) is 0 Å². The van der Waals surface area contributed by atoms with Gasteiger partial charge in [0.15, 0.2) is 5.79 Å². The zero-order valence-corrected chi connectivity index (χ0v) is 40.4. The summed E-state index contributed by atoms with van der Waals surface area (Å²) in [5.74, 6) is -1.19. The van der Waals surface area contributed by atoms with Gasteiger partial charge in [0.2, 0.25) is 5.79 Å². The number of allylic oxidation sites excluding steroid dienone is 1. The Morgan fingerprint density at radius 1 is 0.727 bits per heavy atom. The van der Waals surface area contributed by atoms with Gasteiger partial charge in [-0.2, -0.15) is 0 Å². The molecule has 0 amide bonds. The van der Waals surface area contributed by atoms with E-state index in [0.29, 0.717) is 49.4 Å². The van der Waals surface area contributed by atoms with Gasteiger partial charge in [-0.3, -0.25) is 14.8 Å². The lowest BCUT2D eigenvalue weighted by Gasteiger charge is -2.61. The van der Waals surface area contributed by atoms with Crippen LogP contribution in [0.25, 0.3) is 0 Å². The molecule has 0 radical (unpaired) electrons. The molecule has 12 nitrogen and oxygen atoms in total. The highest BCUT2D eigenvalue weighted by molar-refractivity contribution is 5.91. The molecular weight excluding hydrogens is 837 g/mol. The average Bonchev–Trinajstić information content (AvgIpc) is 3.98. The van der Waals surface area contributed by atoms with E-state index in [1.165, 1.54) is 5.57 Å². The number of fused-ring (bicyclic) bond motifs is 13. The van der Waals surface area contributed by atoms with Crippen molar-refractivity contribution in [1.29, 1.82) is 0 Å². The molecule has 1 aromatic rings. The standard InChI is InChI=1S/C54H74N2O10/c1-26-32-13-14-33-30-11-9-28-15-37-40(21-49(28,7)35(30)18-42(59)51(32,33)25-63-53(26)43(60)22-46(3,4)65-53)56-38-16-29-10-12-31-34(48(29,6)20-39(38)55-37)17-41(58)50(8)36(31)19-45-52(50,62)27(2)54(64-45)44(61)23-47(5,24-57)66-54/h14,19,26-32,34-35,41,43-45,57-58,60-62H,9-13,15-18,20-25H2,1-8H3/t26-,27+,28+,29+,30+,31-,32-,34+,35+,41-,43-,44-,45+,47+,48+,49+,50-,51-,52-,53+,54+/m1/s1. The lowest BCUT2D eigenvalue weighted by atomic mass is 9.44. The predicted octanol–water partition coefficient (Wildman–Crippen LogP) is 5.50. The first-order valence-electron chi connectivity index (χ1n) is 26.0. The Balaban J connectivity index is 0.762. The molecule has 4 saturated heterocycles. The zero-order chi connectivity index (χ0) is 46.3. The number of ketones is 1. The highest BCUT2D eigenvalue weighted by Crippen LogP contribution is 2.72. The number of Topliss-reactive ketones (excluding diaryl/α,β-unsaturated/α-hetero) is 1. The van der Waals surface area contributed by atoms with Gasteiger partial charge in [0.05, 0.1) is 58.7 Å². The minimum Gasteiger partial charge on any atom is -0.393 e. The number of ether oxygens (including phenoxy) is 4. The van der Waals surface area contributed by atoms with Crippen molar-refractivity contribution in [1.82, 2.24) is 9.97 Å². The third kappa shape index (κ3) is 4.97. The molecule has 8 fully saturated rings. The fourth-order valence-corrected chi connectivity index (χ4v) is 19.3. The Labute approximate surface area is 389 Å². The van der Waals surface area contributed by atoms with Crippen molar-refractivity contribution in [2.45, 2.75) is 192 Å². The van der Waals surface area contributed by atoms with Crippen LogP contribution in [0.15, 0.2) is 23.3 Å². The van der Waals surface area contributed by atoms with Crippen molar-refractivity contribution in [2.75, 3.05) is 13.2 Å². The van der Waals surface area contributed by atoms with Gasteiger partial charge < -0.3 is 44.5 Å². The van der Waals surface area contributed by atoms with E-state index in [1.807, 2.05) is 27.7 Å². The maximum Gasteiger partial charge on any atom is 0.201 e. The highest BCUT2D eigenvalue weighted by Gasteiger charge is 2.79. The van der Waals surface area contributed by atoms with Crippen LogP contribution in [0.4, 0.5) is 0 Å². The minimum atomic E-state index is -1.49. The van der Waals surface area contributed by atoms with Crippen LogP contribution in [0.1, 0.15) is 136 Å². The summed E-state index contributed by atoms with van der Waals surface area (Å²) in [6, 6.07) is 0. The second-order valence-electron chi connectivity index (χ2n) is 26.1. The molecule has 12 aliphatic rings. The fourth-order valence-electron chi connectivity index (χ4n) is 19.3. The van der Waals surface area contributed by atoms with Crippen molar-refractivity contribution in [2.24, 2.45) is 74.9 Å². The van der Waals surface area contributed by atoms with Crippen molar-refractivity contribution < 1.29 is 49.3 Å². The second-order valence-corrected chi connectivity index (χ2v) is 26.1. The molecule has 3 spiro atoms. The molecule has 4 saturated carbocycles. The quantitative estimate of drug-likeness (QED) is 0.224. The summed E-state index contributed by atoms with van der Waals surface area (Å²) in [6.45, 7) is 16.8. The van der Waals surface area contributed by atoms with Crippen LogP contribution in [0.2, 0.25) is 0 Å². The Morgan fingerprint density at radius 2 is 1.35 bits per heavy atom. The molecule has 360 valence electrons. The van der Waals surface area contributed by atoms with E-state index in [9.17, 15) is 30.3 Å². The first-order chi connectivity index (χ1) is 31.0. The van der Waals surface area contributed by atoms with Gasteiger partial charge in [0, 0.05) is 36.5 Å². The number of rotatable bonds is 1. The minimum absolute atomic E-state index is 0.0632. The third-order valence-electron chi connectivity index (χ3n) is 22.9. The lowest BCUT2D eigenvalue weighted by Crippen LogP contribution is -2.65. The van der Waals surface area contributed by atoms with Crippen molar-refractivity contribution >= 4 is 5.78 Å². The van der Waals surface area contributed by atoms with E-state index in [0.717, 1.165) is 86.1 Å². The Hall–Kier alpha value is -2.13. The Bertz CT molecular complexity index is 2390. The smallest absolute Gasteiger partial charge is 0.201 e. The number of nitrogens with zero attached hydrogens (tertiary/aromatic N) is 2. The summed E-state index contributed by atoms with van der Waals surface area (Å²) in [6.07, 6.45) is 11.4. The van der Waals surface area contributed by atoms with Crippen LogP contribution in [0.3, 0.4) is 0 Å². The van der Waals surface area contributed by atoms with E-state index in [2.05, 4.69) is 32.9 Å². The number of carbonyl (C=O) groups is 1. The van der Waals surface area contributed by atoms with E-state index in [4.69, 9.17) is 28.9 Å². The zero-order valence-electron chi connectivity index (χ0n) is 40.4. The summed E-state index contributed by atoms with van der Waals surface area (Å²) >= 11 is 0. The molecule has 1 aromatic heterocycles. The largest absolute Gasteiger partial charge is 0.393 e. The maximum absolute atomic E-state index is 14.9. The number of aliphatic hydroxyl groups excluding tert-OH is 4. The molecule has 5 heterocycles. The van der Waals surface area contributed by atoms with Crippen molar-refractivity contribution in [3.05, 3.63) is 46.1 Å². The van der Waals surface area contributed by atoms with Crippen LogP contribution >= 0.6 is 0 Å². The van der Waals surface area contributed by atoms with E-state index < -0.39 is 69.5 Å². The molecule has 0 unspecified atom stereocenters. The third-order valence-corrected chi connectivity index (χ3v) is 22.9. The van der Waals surface area contributed by atoms with Gasteiger partial charge in [0.1, 0.15) is 29.7 Å². The Kier molecular flexibility index (Phi) is 8.79. The molecule has 66 heavy (non-hydrogen) atoms. The second kappa shape index (κ2) is 13.2. The predicted molar refractivity (Wildman–Crippen MR) is 240 cm³/mol. The number of aliphatic hydroxyl groups is 5. The molecule has 4 aliphatic heterocycles. The molecule has 0 aromatic carbocycles. The highest BCUT2D eigenvalue weighted by atomic mass is 16.7. The SMILES string of the molecule is C[C@@H]1[C@H]2CC=C3[C@@H]4CC[C@H]5Cc6nc7c(nc6C[C@]5(C)[C@H]4CC(=O)[C@@]32CO[C@]12OC(C)(C)C[C@H]2O)C[C@@H]1CC[C@H]2C3=C[C@@H]4O[C@]5(O[C@](C)(CO)C[C@H]5O)[C@@H](C)[C@]4(O)[C@@]3(C)[C@H](O)C[C@@H]2[C@@]1(C)C7. The fraction of sp³-hybridized carbons (Fsp3) is 0.833. The number of carbonyl (C=O) groups excluding carboxylic acids is 1. The molecule has 0 bridgehead atoms. The first-order valence-corrected chi connectivity index (χ1v) is 26.0. The topological polar surface area (TPSA) is 181 Å². The molecule has 13 rings (SSSR count). The van der Waals surface area contributed by atoms with E-state index in [-0.39, 0.29) is 53.4 Å². The molecule has 21 atom stereocenters. The molecule has 8 aliphatic carbocycles. The van der Waals surface area contributed by atoms with Gasteiger partial charge in [-0.1, -0.05) is 57.9 Å². The van der Waals surface area contributed by atoms with Gasteiger partial charge in [-0.25, -0.2) is 0 Å². The first kappa shape index (κ1) is 43.9. The summed E-state index contributed by atoms with van der Waals surface area (Å²) in [4.78, 5) is 26.1. The van der Waals surface area contributed by atoms with Gasteiger partial charge in [0.25, 0.3) is 0 Å². The molecule has 12 heteroatoms. The van der Waals surface area contributed by atoms with Crippen LogP contribution in [-0.2, 0) is 49.4 Å².